The van der Waals surface area contributed by atoms with Crippen LogP contribution in [0.1, 0.15) is 18.4 Å². The zero-order chi connectivity index (χ0) is 18.8. The van der Waals surface area contributed by atoms with Crippen molar-refractivity contribution in [3.05, 3.63) is 59.4 Å². The molecule has 0 radical (unpaired) electrons. The van der Waals surface area contributed by atoms with E-state index in [0.717, 1.165) is 52.9 Å². The molecule has 5 heteroatoms. The summed E-state index contributed by atoms with van der Waals surface area (Å²) in [6.45, 7) is 11.4. The van der Waals surface area contributed by atoms with Gasteiger partial charge in [-0.1, -0.05) is 48.0 Å². The van der Waals surface area contributed by atoms with Gasteiger partial charge in [0.05, 0.1) is 6.57 Å². The van der Waals surface area contributed by atoms with Crippen LogP contribution in [0.3, 0.4) is 0 Å². The minimum Gasteiger partial charge on any atom is -0.364 e. The molecular formula is C22H23N5. The van der Waals surface area contributed by atoms with Gasteiger partial charge in [0.1, 0.15) is 5.69 Å². The molecule has 0 bridgehead atoms. The molecule has 1 atom stereocenters. The summed E-state index contributed by atoms with van der Waals surface area (Å²) in [6.07, 6.45) is 2.35. The number of aryl methyl sites for hydroxylation is 1. The van der Waals surface area contributed by atoms with Crippen molar-refractivity contribution in [2.24, 2.45) is 0 Å². The molecule has 2 heterocycles. The molecule has 0 amide bonds. The topological polar surface area (TPSA) is 45.4 Å². The van der Waals surface area contributed by atoms with Crippen LogP contribution in [0, 0.1) is 13.5 Å². The van der Waals surface area contributed by atoms with Crippen molar-refractivity contribution in [2.75, 3.05) is 25.5 Å². The number of hydrogen-bond donors (Lipinski definition) is 1. The Hall–Kier alpha value is -2.97. The van der Waals surface area contributed by atoms with Gasteiger partial charge in [0.15, 0.2) is 11.5 Å². The number of nitrogens with zero attached hydrogens (tertiary/aromatic N) is 4. The van der Waals surface area contributed by atoms with Gasteiger partial charge < -0.3 is 10.2 Å². The second kappa shape index (κ2) is 7.34. The summed E-state index contributed by atoms with van der Waals surface area (Å²) in [5.41, 5.74) is 3.58. The van der Waals surface area contributed by atoms with Crippen LogP contribution in [0.2, 0.25) is 0 Å². The number of hydrogen-bond acceptors (Lipinski definition) is 4. The zero-order valence-corrected chi connectivity index (χ0v) is 15.7. The van der Waals surface area contributed by atoms with Gasteiger partial charge in [0, 0.05) is 28.9 Å². The molecule has 2 aromatic carbocycles. The van der Waals surface area contributed by atoms with E-state index in [1.165, 1.54) is 6.42 Å². The summed E-state index contributed by atoms with van der Waals surface area (Å²) in [7, 11) is 2.16. The third-order valence-corrected chi connectivity index (χ3v) is 5.25. The van der Waals surface area contributed by atoms with Crippen molar-refractivity contribution in [3.63, 3.8) is 0 Å². The summed E-state index contributed by atoms with van der Waals surface area (Å²) in [6, 6.07) is 14.4. The predicted octanol–water partition coefficient (Wildman–Crippen LogP) is 4.66. The molecule has 1 aliphatic heterocycles. The molecule has 0 spiro atoms. The van der Waals surface area contributed by atoms with Crippen molar-refractivity contribution in [3.8, 4) is 11.3 Å². The Morgan fingerprint density at radius 2 is 1.96 bits per heavy atom. The summed E-state index contributed by atoms with van der Waals surface area (Å²) < 4.78 is 0. The molecule has 1 N–H and O–H groups in total. The highest BCUT2D eigenvalue weighted by Crippen LogP contribution is 2.33. The lowest BCUT2D eigenvalue weighted by atomic mass is 10.00. The highest BCUT2D eigenvalue weighted by molar-refractivity contribution is 6.00. The van der Waals surface area contributed by atoms with E-state index in [9.17, 15) is 0 Å². The number of aromatic nitrogens is 2. The number of likely N-dealkylation sites (N-methyl/N-ethyl adjacent to an activating group) is 1. The minimum atomic E-state index is 0.395. The van der Waals surface area contributed by atoms with Crippen molar-refractivity contribution in [1.29, 1.82) is 0 Å². The Morgan fingerprint density at radius 1 is 1.15 bits per heavy atom. The first kappa shape index (κ1) is 17.4. The molecule has 0 aliphatic carbocycles. The monoisotopic (exact) mass is 357 g/mol. The van der Waals surface area contributed by atoms with Gasteiger partial charge in [-0.15, -0.1) is 10.2 Å². The van der Waals surface area contributed by atoms with Crippen LogP contribution in [0.25, 0.3) is 26.9 Å². The van der Waals surface area contributed by atoms with E-state index in [0.29, 0.717) is 11.7 Å². The maximum atomic E-state index is 7.20. The maximum Gasteiger partial charge on any atom is 0.187 e. The highest BCUT2D eigenvalue weighted by Gasteiger charge is 2.19. The van der Waals surface area contributed by atoms with Crippen LogP contribution in [-0.2, 0) is 0 Å². The number of piperidine rings is 1. The molecule has 1 saturated heterocycles. The maximum absolute atomic E-state index is 7.20. The molecule has 0 unspecified atom stereocenters. The van der Waals surface area contributed by atoms with E-state index in [2.05, 4.69) is 44.4 Å². The van der Waals surface area contributed by atoms with E-state index >= 15 is 0 Å². The number of anilines is 1. The second-order valence-corrected chi connectivity index (χ2v) is 7.30. The summed E-state index contributed by atoms with van der Waals surface area (Å²) >= 11 is 0. The minimum absolute atomic E-state index is 0.395. The lowest BCUT2D eigenvalue weighted by Crippen LogP contribution is -2.40. The largest absolute Gasteiger partial charge is 0.364 e. The van der Waals surface area contributed by atoms with E-state index in [1.54, 1.807) is 0 Å². The number of nitrogens with one attached hydrogen (secondary N) is 1. The van der Waals surface area contributed by atoms with Gasteiger partial charge >= 0.3 is 0 Å². The molecule has 1 aliphatic rings. The molecule has 136 valence electrons. The smallest absolute Gasteiger partial charge is 0.187 e. The van der Waals surface area contributed by atoms with Crippen molar-refractivity contribution >= 4 is 22.3 Å². The Morgan fingerprint density at radius 3 is 2.70 bits per heavy atom. The first-order chi connectivity index (χ1) is 13.2. The fourth-order valence-corrected chi connectivity index (χ4v) is 3.87. The first-order valence-corrected chi connectivity index (χ1v) is 9.34. The van der Waals surface area contributed by atoms with Crippen LogP contribution in [0.4, 0.5) is 11.5 Å². The number of benzene rings is 2. The SMILES string of the molecule is [C-]#[N+]c1ccc(-c2nnc(N[C@@H]3CCCN(C)C3)c3ccccc23)c(C)c1. The van der Waals surface area contributed by atoms with Gasteiger partial charge in [-0.2, -0.15) is 0 Å². The van der Waals surface area contributed by atoms with Crippen molar-refractivity contribution in [2.45, 2.75) is 25.8 Å². The molecule has 1 fully saturated rings. The molecule has 5 nitrogen and oxygen atoms in total. The molecule has 27 heavy (non-hydrogen) atoms. The van der Waals surface area contributed by atoms with E-state index in [-0.39, 0.29) is 0 Å². The van der Waals surface area contributed by atoms with Gasteiger partial charge in [0.25, 0.3) is 0 Å². The average molecular weight is 357 g/mol. The highest BCUT2D eigenvalue weighted by atomic mass is 15.2. The van der Waals surface area contributed by atoms with Gasteiger partial charge in [-0.25, -0.2) is 4.85 Å². The number of rotatable bonds is 3. The van der Waals surface area contributed by atoms with Crippen LogP contribution in [-0.4, -0.2) is 41.3 Å². The molecule has 3 aromatic rings. The molecule has 4 rings (SSSR count). The summed E-state index contributed by atoms with van der Waals surface area (Å²) in [5.74, 6) is 0.852. The van der Waals surface area contributed by atoms with E-state index in [1.807, 2.05) is 37.3 Å². The average Bonchev–Trinajstić information content (AvgIpc) is 2.68. The predicted molar refractivity (Wildman–Crippen MR) is 110 cm³/mol. The van der Waals surface area contributed by atoms with E-state index in [4.69, 9.17) is 6.57 Å². The van der Waals surface area contributed by atoms with Gasteiger partial charge in [-0.3, -0.25) is 0 Å². The molecule has 1 aromatic heterocycles. The van der Waals surface area contributed by atoms with Crippen LogP contribution in [0.5, 0.6) is 0 Å². The van der Waals surface area contributed by atoms with Crippen molar-refractivity contribution in [1.82, 2.24) is 15.1 Å². The lowest BCUT2D eigenvalue weighted by molar-refractivity contribution is 0.261. The Balaban J connectivity index is 1.76. The zero-order valence-electron chi connectivity index (χ0n) is 15.7. The Bertz CT molecular complexity index is 1020. The fourth-order valence-electron chi connectivity index (χ4n) is 3.87. The number of fused-ring (bicyclic) bond motifs is 1. The molecule has 0 saturated carbocycles. The van der Waals surface area contributed by atoms with Crippen molar-refractivity contribution < 1.29 is 0 Å². The number of likely N-dealkylation sites (tertiary alicyclic amines) is 1. The van der Waals surface area contributed by atoms with Gasteiger partial charge in [0.2, 0.25) is 0 Å². The van der Waals surface area contributed by atoms with Gasteiger partial charge in [-0.05, 0) is 33.4 Å². The summed E-state index contributed by atoms with van der Waals surface area (Å²) in [4.78, 5) is 5.87. The standard InChI is InChI=1S/C22H23N5/c1-15-13-16(23-2)10-11-18(15)21-19-8-4-5-9-20(19)22(26-25-21)24-17-7-6-12-27(3)14-17/h4-5,8-11,13,17H,6-7,12,14H2,1,3H3,(H,24,26)/t17-/m1/s1. The lowest BCUT2D eigenvalue weighted by Gasteiger charge is -2.30. The second-order valence-electron chi connectivity index (χ2n) is 7.30. The van der Waals surface area contributed by atoms with E-state index < -0.39 is 0 Å². The van der Waals surface area contributed by atoms with Crippen LogP contribution in [0.15, 0.2) is 42.5 Å². The normalized spacial score (nSPS) is 17.6. The fraction of sp³-hybridized carbons (Fsp3) is 0.318. The quantitative estimate of drug-likeness (QED) is 0.693. The third-order valence-electron chi connectivity index (χ3n) is 5.25. The van der Waals surface area contributed by atoms with Crippen LogP contribution < -0.4 is 5.32 Å². The third kappa shape index (κ3) is 3.49. The Kier molecular flexibility index (Phi) is 4.74. The molecular weight excluding hydrogens is 334 g/mol. The van der Waals surface area contributed by atoms with Crippen LogP contribution >= 0.6 is 0 Å². The summed E-state index contributed by atoms with van der Waals surface area (Å²) in [5, 5.41) is 14.9. The first-order valence-electron chi connectivity index (χ1n) is 9.34. The Labute approximate surface area is 159 Å².